The SMILES string of the molecule is CC(C)C(C)(C)C(F)(F)F.CC(C)C(C)C.CC(C)CC(C(F)(F)F)C(F)(F)F.CCC(C)(C)C.CCC(C)(C)C.CCC(C)CC.CCCC(C(F)(F)F)C(F)(F)F.CCCC(C)(C)C(F)(F)F.CCCCC(C(F)(F)F)C(F)(F)F.CCCCCCC(F)(F)F.CCCC[C@H](C)C(F)(F)F.CCC[C@H](C)C(F)(F)F.CCC[C@H](C)CC(F)(F)F.CC[C@H](C)C(C)C(F)(F)F.C[C@@H](CCC(F)(F)F)C(F)(F)F. The fraction of sp³-hybridized carbons (Fsp3) is 1.00. The molecule has 6 atom stereocenters. The number of hydrogen-bond donors (Lipinski definition) is 0. The van der Waals surface area contributed by atoms with E-state index in [4.69, 9.17) is 0 Å². The molecule has 0 N–H and O–H groups in total. The van der Waals surface area contributed by atoms with Crippen molar-refractivity contribution in [2.24, 2.45) is 105 Å². The van der Waals surface area contributed by atoms with Crippen LogP contribution in [0.2, 0.25) is 0 Å². The Bertz CT molecular complexity index is 2650. The van der Waals surface area contributed by atoms with E-state index in [-0.39, 0.29) is 56.3 Å². The topological polar surface area (TPSA) is 0 Å². The lowest BCUT2D eigenvalue weighted by Gasteiger charge is -2.31. The minimum absolute atomic E-state index is 0.0658. The molecule has 0 aromatic carbocycles. The second-order valence-electron chi connectivity index (χ2n) is 40.5. The average molecular weight is 2210 g/mol. The minimum atomic E-state index is -5.19. The first-order valence-corrected chi connectivity index (χ1v) is 48.5. The molecule has 0 aromatic heterocycles. The Hall–Kier alpha value is -3.15. The van der Waals surface area contributed by atoms with Crippen LogP contribution in [0, 0.1) is 105 Å². The largest absolute Gasteiger partial charge is 0.400 e. The normalized spacial score (nSPS) is 14.2. The van der Waals surface area contributed by atoms with Gasteiger partial charge in [-0.2, -0.15) is 198 Å². The summed E-state index contributed by atoms with van der Waals surface area (Å²) in [4.78, 5) is 0. The van der Waals surface area contributed by atoms with E-state index in [9.17, 15) is 198 Å². The summed E-state index contributed by atoms with van der Waals surface area (Å²) in [5.74, 6) is -13.7. The summed E-state index contributed by atoms with van der Waals surface area (Å²) in [6.45, 7) is 65.8. The predicted molar refractivity (Wildman–Crippen MR) is 489 cm³/mol. The lowest BCUT2D eigenvalue weighted by atomic mass is 9.81. The zero-order valence-corrected chi connectivity index (χ0v) is 91.4. The van der Waals surface area contributed by atoms with Gasteiger partial charge in [-0.25, -0.2) is 0 Å². The summed E-state index contributed by atoms with van der Waals surface area (Å²) >= 11 is 0. The smallest absolute Gasteiger partial charge is 0.171 e. The zero-order valence-electron chi connectivity index (χ0n) is 91.4. The van der Waals surface area contributed by atoms with E-state index < -0.39 is 196 Å². The predicted octanol–water partition coefficient (Wildman–Crippen LogP) is 47.5. The van der Waals surface area contributed by atoms with Gasteiger partial charge in [0.05, 0.1) is 34.5 Å². The Labute approximate surface area is 828 Å². The molecule has 0 aromatic rings. The lowest BCUT2D eigenvalue weighted by molar-refractivity contribution is -0.288. The maximum atomic E-state index is 12.1. The van der Waals surface area contributed by atoms with Gasteiger partial charge in [-0.1, -0.05) is 365 Å². The third-order valence-electron chi connectivity index (χ3n) is 22.1. The first-order chi connectivity index (χ1) is 62.5. The van der Waals surface area contributed by atoms with Crippen LogP contribution in [0.15, 0.2) is 0 Å². The molecule has 0 heterocycles. The highest BCUT2D eigenvalue weighted by Crippen LogP contribution is 2.48. The molecular formula is C98H181F45. The van der Waals surface area contributed by atoms with E-state index in [1.165, 1.54) is 94.9 Å². The van der Waals surface area contributed by atoms with Crippen LogP contribution in [0.1, 0.15) is 436 Å². The van der Waals surface area contributed by atoms with Crippen LogP contribution in [0.4, 0.5) is 198 Å². The van der Waals surface area contributed by atoms with E-state index in [1.54, 1.807) is 55.4 Å². The van der Waals surface area contributed by atoms with Gasteiger partial charge in [-0.05, 0) is 104 Å². The highest BCUT2D eigenvalue weighted by molar-refractivity contribution is 4.81. The molecule has 0 radical (unpaired) electrons. The zero-order chi connectivity index (χ0) is 119. The number of hydrogen-bond acceptors (Lipinski definition) is 0. The molecule has 0 saturated carbocycles. The Kier molecular flexibility index (Phi) is 97.6. The number of rotatable bonds is 29. The first-order valence-electron chi connectivity index (χ1n) is 48.5. The van der Waals surface area contributed by atoms with Gasteiger partial charge in [0.25, 0.3) is 0 Å². The molecule has 0 aliphatic rings. The van der Waals surface area contributed by atoms with E-state index in [2.05, 4.69) is 104 Å². The Morgan fingerprint density at radius 1 is 0.217 bits per heavy atom. The molecule has 0 nitrogen and oxygen atoms in total. The second kappa shape index (κ2) is 80.7. The van der Waals surface area contributed by atoms with Crippen LogP contribution in [-0.4, -0.2) is 92.6 Å². The number of unbranched alkanes of at least 4 members (excludes halogenated alkanes) is 5. The second-order valence-corrected chi connectivity index (χ2v) is 40.5. The first kappa shape index (κ1) is 173. The molecule has 0 amide bonds. The molecule has 0 aliphatic heterocycles. The molecule has 0 rings (SSSR count). The van der Waals surface area contributed by atoms with Gasteiger partial charge in [0.15, 0.2) is 17.8 Å². The molecule has 1 unspecified atom stereocenters. The van der Waals surface area contributed by atoms with Crippen molar-refractivity contribution in [2.45, 2.75) is 529 Å². The highest BCUT2D eigenvalue weighted by atomic mass is 19.5. The Morgan fingerprint density at radius 2 is 0.497 bits per heavy atom. The standard InChI is InChI=1S/2C7H10F6.6C7H13F3.2C6H8F6.C6H11F3.4C6H14/c1-4(2)3-5(6(8,9)10)7(11,12)13;1-2-3-4-5(6(8,9)10)7(11,12)13;1-5(2)6(3,4)7(8,9)10;1-4-5-6(2,3)7(8,9)10;1-4-5(2)6(3)7(8,9)10;1-3-4-6(2)5-7(8,9)10;1-3-4-5-6(2)7(8,9)10;1-2-3-4-5-6-7(8,9)10;1-4(6(10,11)12)2-3-5(7,8)9;1-2-3-4(5(7,8)9)6(10,11)12;1-3-4-5(2)6(7,8)9;2*1-5-6(2,3)4;1-5(2)6(3)4;1-4-6(3)5-2/h4-5H,3H2,1-2H3;5H,2-4H2,1H3;5H,1-4H3;4-5H2,1-3H3;5-6H,4H2,1-3H3;2*6H,3-5H2,1-2H3;2-6H2,1H3;2*4H,2-3H2,1H3;5H,3-4H2,1-2H3;2*5H2,1-4H3;5-6H,1-4H3;6H,4-5H2,1-3H3/t;;;;5-,6?;2*6-;;4-;;5-;;;;/m....000.0.0..../s1. The van der Waals surface area contributed by atoms with E-state index in [1.807, 2.05) is 20.8 Å². The van der Waals surface area contributed by atoms with Crippen molar-refractivity contribution < 1.29 is 198 Å². The van der Waals surface area contributed by atoms with Crippen LogP contribution in [-0.2, 0) is 0 Å². The van der Waals surface area contributed by atoms with E-state index in [0.717, 1.165) is 50.4 Å². The average Bonchev–Trinajstić information content (AvgIpc) is 0.793. The van der Waals surface area contributed by atoms with Gasteiger partial charge in [0, 0.05) is 19.3 Å². The number of alkyl halides is 45. The van der Waals surface area contributed by atoms with Crippen LogP contribution < -0.4 is 0 Å². The van der Waals surface area contributed by atoms with Crippen LogP contribution in [0.5, 0.6) is 0 Å². The van der Waals surface area contributed by atoms with Crippen molar-refractivity contribution in [1.29, 1.82) is 0 Å². The van der Waals surface area contributed by atoms with Crippen molar-refractivity contribution in [3.05, 3.63) is 0 Å². The maximum Gasteiger partial charge on any atom is 0.400 e. The summed E-state index contributed by atoms with van der Waals surface area (Å²) in [7, 11) is 0. The van der Waals surface area contributed by atoms with Crippen LogP contribution >= 0.6 is 0 Å². The van der Waals surface area contributed by atoms with Crippen LogP contribution in [0.25, 0.3) is 0 Å². The summed E-state index contributed by atoms with van der Waals surface area (Å²) in [5.41, 5.74) is -1.99. The quantitative estimate of drug-likeness (QED) is 0.0517. The highest BCUT2D eigenvalue weighted by Gasteiger charge is 2.59. The summed E-state index contributed by atoms with van der Waals surface area (Å²) in [5, 5.41) is 0. The molecule has 0 bridgehead atoms. The summed E-state index contributed by atoms with van der Waals surface area (Å²) in [6.07, 6.45) is -60.7. The fourth-order valence-corrected chi connectivity index (χ4v) is 8.26. The molecule has 0 saturated heterocycles. The molecule has 143 heavy (non-hydrogen) atoms. The van der Waals surface area contributed by atoms with E-state index in [0.29, 0.717) is 55.8 Å². The van der Waals surface area contributed by atoms with Crippen molar-refractivity contribution >= 4 is 0 Å². The maximum absolute atomic E-state index is 12.1. The lowest BCUT2D eigenvalue weighted by Crippen LogP contribution is -2.37. The van der Waals surface area contributed by atoms with Gasteiger partial charge in [0.1, 0.15) is 0 Å². The molecule has 0 spiro atoms. The molecule has 0 fully saturated rings. The molecule has 888 valence electrons. The van der Waals surface area contributed by atoms with E-state index >= 15 is 0 Å². The summed E-state index contributed by atoms with van der Waals surface area (Å²) in [6, 6.07) is 0. The third-order valence-corrected chi connectivity index (χ3v) is 22.1. The fourth-order valence-electron chi connectivity index (χ4n) is 8.26. The van der Waals surface area contributed by atoms with Crippen LogP contribution in [0.3, 0.4) is 0 Å². The third kappa shape index (κ3) is 126. The van der Waals surface area contributed by atoms with Crippen molar-refractivity contribution in [1.82, 2.24) is 0 Å². The van der Waals surface area contributed by atoms with Crippen molar-refractivity contribution in [3.63, 3.8) is 0 Å². The monoisotopic (exact) mass is 2210 g/mol. The summed E-state index contributed by atoms with van der Waals surface area (Å²) < 4.78 is 529. The van der Waals surface area contributed by atoms with Gasteiger partial charge < -0.3 is 0 Å². The van der Waals surface area contributed by atoms with Crippen molar-refractivity contribution in [3.8, 4) is 0 Å². The van der Waals surface area contributed by atoms with Gasteiger partial charge in [0.2, 0.25) is 0 Å². The number of halogens is 45. The molecule has 45 heteroatoms. The van der Waals surface area contributed by atoms with Gasteiger partial charge in [-0.15, -0.1) is 0 Å². The Balaban J connectivity index is -0.0000000949. The molecular weight excluding hydrogens is 2030 g/mol. The molecule has 0 aliphatic carbocycles. The van der Waals surface area contributed by atoms with Gasteiger partial charge in [-0.3, -0.25) is 0 Å². The Morgan fingerprint density at radius 3 is 0.643 bits per heavy atom. The minimum Gasteiger partial charge on any atom is -0.171 e. The van der Waals surface area contributed by atoms with Gasteiger partial charge >= 0.3 is 92.6 Å². The van der Waals surface area contributed by atoms with Crippen molar-refractivity contribution in [2.75, 3.05) is 0 Å².